The molecule has 0 unspecified atom stereocenters. The van der Waals surface area contributed by atoms with Crippen LogP contribution < -0.4 is 0 Å². The highest BCUT2D eigenvalue weighted by molar-refractivity contribution is 6.30. The molecule has 2 rings (SSSR count). The number of amidine groups is 1. The normalized spacial score (nSPS) is 13.9. The van der Waals surface area contributed by atoms with Crippen LogP contribution >= 0.6 is 11.6 Å². The van der Waals surface area contributed by atoms with Crippen LogP contribution in [-0.4, -0.2) is 24.8 Å². The Morgan fingerprint density at radius 2 is 2.15 bits per heavy atom. The van der Waals surface area contributed by atoms with Gasteiger partial charge >= 0.3 is 0 Å². The minimum Gasteiger partial charge on any atom is -0.366 e. The quantitative estimate of drug-likeness (QED) is 0.620. The molecule has 1 aliphatic heterocycles. The number of hydrogen-bond donors (Lipinski definition) is 0. The molecule has 0 aromatic heterocycles. The van der Waals surface area contributed by atoms with Gasteiger partial charge in [-0.2, -0.15) is 0 Å². The summed E-state index contributed by atoms with van der Waals surface area (Å²) in [5.74, 6) is 1.09. The van der Waals surface area contributed by atoms with Gasteiger partial charge in [-0.05, 0) is 23.8 Å². The number of rotatable bonds is 0. The summed E-state index contributed by atoms with van der Waals surface area (Å²) in [6.45, 7) is 0. The lowest BCUT2D eigenvalue weighted by molar-refractivity contribution is 0.614. The van der Waals surface area contributed by atoms with E-state index in [0.717, 1.165) is 23.0 Å². The summed E-state index contributed by atoms with van der Waals surface area (Å²) in [5, 5.41) is 0.786. The van der Waals surface area contributed by atoms with Gasteiger partial charge in [0.2, 0.25) is 0 Å². The van der Waals surface area contributed by atoms with E-state index >= 15 is 0 Å². The van der Waals surface area contributed by atoms with Gasteiger partial charge in [-0.25, -0.2) is 4.99 Å². The maximum Gasteiger partial charge on any atom is 0.109 e. The summed E-state index contributed by atoms with van der Waals surface area (Å²) in [5.41, 5.74) is 2.27. The Bertz CT molecular complexity index is 369. The summed E-state index contributed by atoms with van der Waals surface area (Å²) in [6.07, 6.45) is 0.892. The number of benzene rings is 1. The maximum atomic E-state index is 5.89. The first-order chi connectivity index (χ1) is 6.16. The van der Waals surface area contributed by atoms with Crippen molar-refractivity contribution in [2.75, 3.05) is 14.1 Å². The van der Waals surface area contributed by atoms with Gasteiger partial charge in [0.25, 0.3) is 0 Å². The summed E-state index contributed by atoms with van der Waals surface area (Å²) in [6, 6.07) is 5.83. The maximum absolute atomic E-state index is 5.89. The van der Waals surface area contributed by atoms with E-state index in [2.05, 4.69) is 4.99 Å². The highest BCUT2D eigenvalue weighted by Gasteiger charge is 2.15. The van der Waals surface area contributed by atoms with Crippen molar-refractivity contribution in [1.82, 2.24) is 4.90 Å². The summed E-state index contributed by atoms with van der Waals surface area (Å²) in [7, 11) is 4.01. The number of halogens is 1. The highest BCUT2D eigenvalue weighted by atomic mass is 35.5. The van der Waals surface area contributed by atoms with Gasteiger partial charge in [0.1, 0.15) is 5.84 Å². The van der Waals surface area contributed by atoms with Crippen LogP contribution in [0.3, 0.4) is 0 Å². The van der Waals surface area contributed by atoms with Crippen molar-refractivity contribution in [2.45, 2.75) is 6.42 Å². The minimum absolute atomic E-state index is 0.786. The Kier molecular flexibility index (Phi) is 2.00. The zero-order valence-electron chi connectivity index (χ0n) is 7.71. The standard InChI is InChI=1S/C10H11ClN2/c1-13(2)10-6-7-5-8(11)3-4-9(7)12-10/h3-5H,6H2,1-2H3. The van der Waals surface area contributed by atoms with Gasteiger partial charge in [-0.1, -0.05) is 11.6 Å². The van der Waals surface area contributed by atoms with Crippen LogP contribution in [-0.2, 0) is 6.42 Å². The lowest BCUT2D eigenvalue weighted by Crippen LogP contribution is -2.21. The van der Waals surface area contributed by atoms with Crippen LogP contribution in [0.1, 0.15) is 5.56 Å². The van der Waals surface area contributed by atoms with Gasteiger partial charge < -0.3 is 4.90 Å². The fraction of sp³-hybridized carbons (Fsp3) is 0.300. The summed E-state index contributed by atoms with van der Waals surface area (Å²) < 4.78 is 0. The van der Waals surface area contributed by atoms with Crippen LogP contribution in [0.4, 0.5) is 5.69 Å². The predicted molar refractivity (Wildman–Crippen MR) is 55.9 cm³/mol. The Morgan fingerprint density at radius 1 is 1.38 bits per heavy atom. The van der Waals surface area contributed by atoms with Crippen molar-refractivity contribution in [2.24, 2.45) is 4.99 Å². The molecule has 0 N–H and O–H groups in total. The largest absolute Gasteiger partial charge is 0.366 e. The number of hydrogen-bond acceptors (Lipinski definition) is 2. The zero-order chi connectivity index (χ0) is 9.42. The fourth-order valence-electron chi connectivity index (χ4n) is 1.41. The fourth-order valence-corrected chi connectivity index (χ4v) is 1.61. The van der Waals surface area contributed by atoms with Crippen molar-refractivity contribution < 1.29 is 0 Å². The highest BCUT2D eigenvalue weighted by Crippen LogP contribution is 2.29. The topological polar surface area (TPSA) is 15.6 Å². The van der Waals surface area contributed by atoms with Crippen molar-refractivity contribution >= 4 is 23.1 Å². The summed E-state index contributed by atoms with van der Waals surface area (Å²) in [4.78, 5) is 6.51. The second-order valence-electron chi connectivity index (χ2n) is 3.37. The third-order valence-corrected chi connectivity index (χ3v) is 2.39. The lowest BCUT2D eigenvalue weighted by Gasteiger charge is -2.10. The van der Waals surface area contributed by atoms with E-state index in [1.54, 1.807) is 0 Å². The van der Waals surface area contributed by atoms with Crippen LogP contribution in [0.2, 0.25) is 5.02 Å². The third kappa shape index (κ3) is 1.54. The molecule has 0 radical (unpaired) electrons. The first-order valence-corrected chi connectivity index (χ1v) is 4.58. The van der Waals surface area contributed by atoms with E-state index in [0.29, 0.717) is 0 Å². The molecule has 68 valence electrons. The number of aliphatic imine (C=N–C) groups is 1. The molecule has 0 aliphatic carbocycles. The molecule has 0 fully saturated rings. The van der Waals surface area contributed by atoms with Crippen molar-refractivity contribution in [3.63, 3.8) is 0 Å². The van der Waals surface area contributed by atoms with Gasteiger partial charge in [-0.15, -0.1) is 0 Å². The molecule has 3 heteroatoms. The van der Waals surface area contributed by atoms with Crippen molar-refractivity contribution in [1.29, 1.82) is 0 Å². The first-order valence-electron chi connectivity index (χ1n) is 4.20. The molecule has 0 bridgehead atoms. The SMILES string of the molecule is CN(C)C1=Nc2ccc(Cl)cc2C1. The van der Waals surface area contributed by atoms with E-state index < -0.39 is 0 Å². The smallest absolute Gasteiger partial charge is 0.109 e. The third-order valence-electron chi connectivity index (χ3n) is 2.16. The average molecular weight is 195 g/mol. The predicted octanol–water partition coefficient (Wildman–Crippen LogP) is 2.49. The molecule has 1 aromatic rings. The first kappa shape index (κ1) is 8.57. The van der Waals surface area contributed by atoms with Crippen LogP contribution in [0, 0.1) is 0 Å². The Hall–Kier alpha value is -1.02. The molecule has 0 saturated carbocycles. The van der Waals surface area contributed by atoms with Crippen LogP contribution in [0.25, 0.3) is 0 Å². The van der Waals surface area contributed by atoms with Gasteiger partial charge in [0.05, 0.1) is 5.69 Å². The molecule has 1 aromatic carbocycles. The molecule has 0 spiro atoms. The van der Waals surface area contributed by atoms with Gasteiger partial charge in [0, 0.05) is 25.5 Å². The number of fused-ring (bicyclic) bond motifs is 1. The molecule has 0 atom stereocenters. The Labute approximate surface area is 82.8 Å². The van der Waals surface area contributed by atoms with Gasteiger partial charge in [0.15, 0.2) is 0 Å². The van der Waals surface area contributed by atoms with Crippen LogP contribution in [0.15, 0.2) is 23.2 Å². The molecule has 13 heavy (non-hydrogen) atoms. The monoisotopic (exact) mass is 194 g/mol. The Balaban J connectivity index is 2.36. The minimum atomic E-state index is 0.786. The summed E-state index contributed by atoms with van der Waals surface area (Å²) >= 11 is 5.89. The van der Waals surface area contributed by atoms with Crippen molar-refractivity contribution in [3.8, 4) is 0 Å². The second-order valence-corrected chi connectivity index (χ2v) is 3.81. The van der Waals surface area contributed by atoms with E-state index in [4.69, 9.17) is 11.6 Å². The molecular formula is C10H11ClN2. The lowest BCUT2D eigenvalue weighted by atomic mass is 10.1. The number of likely N-dealkylation sites (N-methyl/N-ethyl adjacent to an activating group) is 1. The molecule has 1 heterocycles. The van der Waals surface area contributed by atoms with Crippen molar-refractivity contribution in [3.05, 3.63) is 28.8 Å². The molecule has 0 amide bonds. The van der Waals surface area contributed by atoms with E-state index in [1.807, 2.05) is 37.2 Å². The molecule has 2 nitrogen and oxygen atoms in total. The van der Waals surface area contributed by atoms with E-state index in [9.17, 15) is 0 Å². The van der Waals surface area contributed by atoms with Crippen LogP contribution in [0.5, 0.6) is 0 Å². The Morgan fingerprint density at radius 3 is 2.85 bits per heavy atom. The van der Waals surface area contributed by atoms with Gasteiger partial charge in [-0.3, -0.25) is 0 Å². The number of nitrogens with zero attached hydrogens (tertiary/aromatic N) is 2. The van der Waals surface area contributed by atoms with E-state index in [1.165, 1.54) is 5.56 Å². The van der Waals surface area contributed by atoms with E-state index in [-0.39, 0.29) is 0 Å². The molecular weight excluding hydrogens is 184 g/mol. The molecule has 0 saturated heterocycles. The zero-order valence-corrected chi connectivity index (χ0v) is 8.47. The second kappa shape index (κ2) is 3.04. The molecule has 1 aliphatic rings. The average Bonchev–Trinajstić information content (AvgIpc) is 2.46.